The van der Waals surface area contributed by atoms with Gasteiger partial charge in [0.1, 0.15) is 4.99 Å². The number of para-hydroxylation sites is 1. The number of anilines is 1. The summed E-state index contributed by atoms with van der Waals surface area (Å²) < 4.78 is 5.94. The van der Waals surface area contributed by atoms with E-state index in [-0.39, 0.29) is 0 Å². The quantitative estimate of drug-likeness (QED) is 0.862. The Hall–Kier alpha value is -1.72. The van der Waals surface area contributed by atoms with Gasteiger partial charge in [-0.2, -0.15) is 0 Å². The molecule has 4 rings (SSSR count). The number of fused-ring (bicyclic) bond motifs is 3. The van der Waals surface area contributed by atoms with Crippen molar-refractivity contribution in [2.45, 2.75) is 25.0 Å². The number of nitrogens with zero attached hydrogens (tertiary/aromatic N) is 2. The van der Waals surface area contributed by atoms with Gasteiger partial charge in [0, 0.05) is 24.7 Å². The zero-order valence-electron chi connectivity index (χ0n) is 11.7. The van der Waals surface area contributed by atoms with Gasteiger partial charge in [0.2, 0.25) is 0 Å². The number of thiocarbonyl (C=S) groups is 1. The molecule has 1 aromatic heterocycles. The van der Waals surface area contributed by atoms with Crippen LogP contribution in [0.1, 0.15) is 18.4 Å². The molecule has 2 aliphatic rings. The second kappa shape index (κ2) is 4.93. The van der Waals surface area contributed by atoms with Crippen molar-refractivity contribution in [1.82, 2.24) is 4.98 Å². The molecule has 2 N–H and O–H groups in total. The zero-order valence-corrected chi connectivity index (χ0v) is 12.5. The van der Waals surface area contributed by atoms with E-state index >= 15 is 0 Å². The van der Waals surface area contributed by atoms with Crippen LogP contribution in [0.4, 0.5) is 5.69 Å². The lowest BCUT2D eigenvalue weighted by atomic mass is 10.1. The Morgan fingerprint density at radius 3 is 2.67 bits per heavy atom. The molecule has 2 saturated heterocycles. The van der Waals surface area contributed by atoms with E-state index < -0.39 is 0 Å². The number of aromatic nitrogens is 1. The number of morpholine rings is 1. The third kappa shape index (κ3) is 2.17. The standard InChI is InChI=1S/C16H17N3OS/c17-16(21)13-7-18-14-4-2-1-3-12(14)15(13)19-8-10-5-6-11(9-19)20-10/h1-4,7,10-11H,5-6,8-9H2,(H2,17,21). The SMILES string of the molecule is NC(=S)c1cnc2ccccc2c1N1CC2CCC(C1)O2. The molecule has 2 fully saturated rings. The lowest BCUT2D eigenvalue weighted by Gasteiger charge is -2.35. The Balaban J connectivity index is 1.88. The molecule has 2 bridgehead atoms. The Labute approximate surface area is 128 Å². The lowest BCUT2D eigenvalue weighted by Crippen LogP contribution is -2.43. The maximum Gasteiger partial charge on any atom is 0.107 e. The highest BCUT2D eigenvalue weighted by Gasteiger charge is 2.35. The molecule has 0 spiro atoms. The predicted octanol–water partition coefficient (Wildman–Crippen LogP) is 2.24. The van der Waals surface area contributed by atoms with Crippen LogP contribution in [0.3, 0.4) is 0 Å². The van der Waals surface area contributed by atoms with Gasteiger partial charge in [-0.15, -0.1) is 0 Å². The minimum Gasteiger partial charge on any atom is -0.389 e. The molecule has 3 heterocycles. The van der Waals surface area contributed by atoms with E-state index in [9.17, 15) is 0 Å². The van der Waals surface area contributed by atoms with Crippen molar-refractivity contribution in [2.75, 3.05) is 18.0 Å². The number of benzene rings is 1. The van der Waals surface area contributed by atoms with Crippen molar-refractivity contribution in [3.63, 3.8) is 0 Å². The van der Waals surface area contributed by atoms with Crippen LogP contribution in [-0.2, 0) is 4.74 Å². The molecule has 1 aromatic carbocycles. The van der Waals surface area contributed by atoms with Crippen LogP contribution in [0.2, 0.25) is 0 Å². The largest absolute Gasteiger partial charge is 0.389 e. The minimum absolute atomic E-state index is 0.329. The molecule has 0 aliphatic carbocycles. The van der Waals surface area contributed by atoms with Gasteiger partial charge in [0.25, 0.3) is 0 Å². The van der Waals surface area contributed by atoms with Gasteiger partial charge >= 0.3 is 0 Å². The fraction of sp³-hybridized carbons (Fsp3) is 0.375. The molecule has 4 nitrogen and oxygen atoms in total. The van der Waals surface area contributed by atoms with Crippen molar-refractivity contribution in [1.29, 1.82) is 0 Å². The maximum atomic E-state index is 5.94. The second-order valence-electron chi connectivity index (χ2n) is 5.76. The van der Waals surface area contributed by atoms with Gasteiger partial charge in [0.05, 0.1) is 29.0 Å². The van der Waals surface area contributed by atoms with Gasteiger partial charge in [-0.25, -0.2) is 0 Å². The monoisotopic (exact) mass is 299 g/mol. The van der Waals surface area contributed by atoms with Crippen LogP contribution < -0.4 is 10.6 Å². The minimum atomic E-state index is 0.329. The molecule has 0 amide bonds. The van der Waals surface area contributed by atoms with Crippen molar-refractivity contribution in [3.05, 3.63) is 36.0 Å². The van der Waals surface area contributed by atoms with Crippen LogP contribution in [0, 0.1) is 0 Å². The van der Waals surface area contributed by atoms with E-state index in [4.69, 9.17) is 22.7 Å². The van der Waals surface area contributed by atoms with E-state index in [1.54, 1.807) is 6.20 Å². The molecule has 2 aromatic rings. The Kier molecular flexibility index (Phi) is 3.05. The number of nitrogens with two attached hydrogens (primary N) is 1. The topological polar surface area (TPSA) is 51.4 Å². The van der Waals surface area contributed by atoms with Gasteiger partial charge < -0.3 is 15.4 Å². The molecule has 0 radical (unpaired) electrons. The van der Waals surface area contributed by atoms with Gasteiger partial charge in [-0.3, -0.25) is 4.98 Å². The van der Waals surface area contributed by atoms with Crippen molar-refractivity contribution >= 4 is 33.8 Å². The molecule has 2 unspecified atom stereocenters. The summed E-state index contributed by atoms with van der Waals surface area (Å²) in [6, 6.07) is 8.16. The van der Waals surface area contributed by atoms with Crippen molar-refractivity contribution < 1.29 is 4.74 Å². The average molecular weight is 299 g/mol. The molecule has 2 aliphatic heterocycles. The number of ether oxygens (including phenoxy) is 1. The van der Waals surface area contributed by atoms with E-state index in [2.05, 4.69) is 16.0 Å². The van der Waals surface area contributed by atoms with Crippen LogP contribution >= 0.6 is 12.2 Å². The number of hydrogen-bond donors (Lipinski definition) is 1. The number of pyridine rings is 1. The summed E-state index contributed by atoms with van der Waals surface area (Å²) in [6.07, 6.45) is 4.75. The predicted molar refractivity (Wildman–Crippen MR) is 87.7 cm³/mol. The van der Waals surface area contributed by atoms with Gasteiger partial charge in [-0.1, -0.05) is 30.4 Å². The van der Waals surface area contributed by atoms with Crippen LogP contribution in [-0.4, -0.2) is 35.3 Å². The molecule has 5 heteroatoms. The summed E-state index contributed by atoms with van der Waals surface area (Å²) in [5.74, 6) is 0. The van der Waals surface area contributed by atoms with Crippen LogP contribution in [0.5, 0.6) is 0 Å². The Bertz CT molecular complexity index is 706. The smallest absolute Gasteiger partial charge is 0.107 e. The van der Waals surface area contributed by atoms with Gasteiger partial charge in [-0.05, 0) is 18.9 Å². The first-order valence-electron chi connectivity index (χ1n) is 7.30. The van der Waals surface area contributed by atoms with Crippen LogP contribution in [0.25, 0.3) is 10.9 Å². The highest BCUT2D eigenvalue weighted by molar-refractivity contribution is 7.80. The van der Waals surface area contributed by atoms with E-state index in [1.807, 2.05) is 18.2 Å². The first-order chi connectivity index (χ1) is 10.2. The van der Waals surface area contributed by atoms with Crippen molar-refractivity contribution in [2.24, 2.45) is 5.73 Å². The fourth-order valence-corrected chi connectivity index (χ4v) is 3.59. The third-order valence-corrected chi connectivity index (χ3v) is 4.59. The van der Waals surface area contributed by atoms with Gasteiger partial charge in [0.15, 0.2) is 0 Å². The van der Waals surface area contributed by atoms with E-state index in [0.29, 0.717) is 17.2 Å². The van der Waals surface area contributed by atoms with E-state index in [0.717, 1.165) is 48.1 Å². The summed E-state index contributed by atoms with van der Waals surface area (Å²) in [5.41, 5.74) is 8.89. The molecule has 108 valence electrons. The van der Waals surface area contributed by atoms with E-state index in [1.165, 1.54) is 0 Å². The first-order valence-corrected chi connectivity index (χ1v) is 7.71. The average Bonchev–Trinajstić information content (AvgIpc) is 2.84. The third-order valence-electron chi connectivity index (χ3n) is 4.37. The summed E-state index contributed by atoms with van der Waals surface area (Å²) in [7, 11) is 0. The molecule has 0 saturated carbocycles. The Morgan fingerprint density at radius 1 is 1.24 bits per heavy atom. The summed E-state index contributed by atoms with van der Waals surface area (Å²) in [4.78, 5) is 7.27. The zero-order chi connectivity index (χ0) is 14.4. The number of rotatable bonds is 2. The highest BCUT2D eigenvalue weighted by Crippen LogP contribution is 2.35. The summed E-state index contributed by atoms with van der Waals surface area (Å²) in [5, 5.41) is 1.11. The molecular weight excluding hydrogens is 282 g/mol. The normalized spacial score (nSPS) is 24.5. The molecule has 21 heavy (non-hydrogen) atoms. The number of hydrogen-bond acceptors (Lipinski definition) is 4. The lowest BCUT2D eigenvalue weighted by molar-refractivity contribution is 0.0306. The molecular formula is C16H17N3OS. The maximum absolute atomic E-state index is 5.94. The van der Waals surface area contributed by atoms with Crippen molar-refractivity contribution in [3.8, 4) is 0 Å². The summed E-state index contributed by atoms with van der Waals surface area (Å²) in [6.45, 7) is 1.81. The summed E-state index contributed by atoms with van der Waals surface area (Å²) >= 11 is 5.24. The second-order valence-corrected chi connectivity index (χ2v) is 6.20. The fourth-order valence-electron chi connectivity index (χ4n) is 3.45. The molecule has 2 atom stereocenters. The van der Waals surface area contributed by atoms with Crippen LogP contribution in [0.15, 0.2) is 30.5 Å². The highest BCUT2D eigenvalue weighted by atomic mass is 32.1. The Morgan fingerprint density at radius 2 is 1.95 bits per heavy atom. The first kappa shape index (κ1) is 13.0.